The van der Waals surface area contributed by atoms with Crippen LogP contribution in [0.3, 0.4) is 0 Å². The quantitative estimate of drug-likeness (QED) is 0.735. The van der Waals surface area contributed by atoms with E-state index in [-0.39, 0.29) is 5.97 Å². The van der Waals surface area contributed by atoms with Crippen LogP contribution in [0.25, 0.3) is 0 Å². The van der Waals surface area contributed by atoms with E-state index in [9.17, 15) is 4.79 Å². The maximum absolute atomic E-state index is 10.7. The number of carbonyl (C=O) groups excluding carboxylic acids is 1. The third kappa shape index (κ3) is 3.26. The molecule has 0 atom stereocenters. The van der Waals surface area contributed by atoms with Crippen LogP contribution in [-0.2, 0) is 16.1 Å². The van der Waals surface area contributed by atoms with Crippen molar-refractivity contribution in [2.45, 2.75) is 34.3 Å². The van der Waals surface area contributed by atoms with Gasteiger partial charge in [-0.15, -0.1) is 0 Å². The molecule has 0 aromatic heterocycles. The molecule has 0 aliphatic carbocycles. The van der Waals surface area contributed by atoms with Gasteiger partial charge in [0.25, 0.3) is 0 Å². The van der Waals surface area contributed by atoms with Gasteiger partial charge in [-0.25, -0.2) is 0 Å². The van der Waals surface area contributed by atoms with Crippen molar-refractivity contribution < 1.29 is 14.3 Å². The van der Waals surface area contributed by atoms with Crippen molar-refractivity contribution in [3.63, 3.8) is 0 Å². The second-order valence-electron chi connectivity index (χ2n) is 3.77. The summed E-state index contributed by atoms with van der Waals surface area (Å²) in [7, 11) is 0. The molecule has 0 unspecified atom stereocenters. The fourth-order valence-electron chi connectivity index (χ4n) is 1.68. The molecule has 0 radical (unpaired) electrons. The minimum Gasteiger partial charge on any atom is -0.493 e. The van der Waals surface area contributed by atoms with E-state index in [0.29, 0.717) is 13.2 Å². The van der Waals surface area contributed by atoms with Crippen LogP contribution in [0, 0.1) is 13.8 Å². The summed E-state index contributed by atoms with van der Waals surface area (Å²) in [6.07, 6.45) is 0. The van der Waals surface area contributed by atoms with Crippen LogP contribution in [-0.4, -0.2) is 12.6 Å². The first-order chi connectivity index (χ1) is 7.54. The van der Waals surface area contributed by atoms with E-state index in [1.165, 1.54) is 6.92 Å². The molecule has 0 heterocycles. The van der Waals surface area contributed by atoms with E-state index in [0.717, 1.165) is 22.4 Å². The molecule has 0 aliphatic heterocycles. The average Bonchev–Trinajstić information content (AvgIpc) is 2.20. The Morgan fingerprint density at radius 1 is 1.25 bits per heavy atom. The Morgan fingerprint density at radius 2 is 1.81 bits per heavy atom. The lowest BCUT2D eigenvalue weighted by Gasteiger charge is -2.12. The van der Waals surface area contributed by atoms with E-state index >= 15 is 0 Å². The molecule has 0 aliphatic rings. The second kappa shape index (κ2) is 5.54. The van der Waals surface area contributed by atoms with Gasteiger partial charge in [-0.3, -0.25) is 4.79 Å². The van der Waals surface area contributed by atoms with Crippen LogP contribution >= 0.6 is 0 Å². The average molecular weight is 222 g/mol. The molecule has 0 fully saturated rings. The highest BCUT2D eigenvalue weighted by atomic mass is 16.5. The second-order valence-corrected chi connectivity index (χ2v) is 3.77. The highest BCUT2D eigenvalue weighted by molar-refractivity contribution is 5.66. The number of rotatable bonds is 4. The van der Waals surface area contributed by atoms with Gasteiger partial charge in [0.1, 0.15) is 12.4 Å². The maximum Gasteiger partial charge on any atom is 0.302 e. The molecule has 1 aromatic carbocycles. The Bertz CT molecular complexity index is 360. The molecule has 0 saturated heterocycles. The van der Waals surface area contributed by atoms with Gasteiger partial charge in [0, 0.05) is 6.92 Å². The van der Waals surface area contributed by atoms with Crippen molar-refractivity contribution in [3.05, 3.63) is 28.8 Å². The van der Waals surface area contributed by atoms with E-state index in [1.807, 2.05) is 32.9 Å². The van der Waals surface area contributed by atoms with Gasteiger partial charge in [0.15, 0.2) is 0 Å². The number of esters is 1. The Kier molecular flexibility index (Phi) is 4.35. The molecule has 0 N–H and O–H groups in total. The molecule has 0 saturated carbocycles. The predicted molar refractivity (Wildman–Crippen MR) is 62.6 cm³/mol. The van der Waals surface area contributed by atoms with Crippen LogP contribution in [0.15, 0.2) is 12.1 Å². The number of benzene rings is 1. The first-order valence-electron chi connectivity index (χ1n) is 5.41. The zero-order valence-electron chi connectivity index (χ0n) is 10.3. The predicted octanol–water partition coefficient (Wildman–Crippen LogP) is 2.77. The summed E-state index contributed by atoms with van der Waals surface area (Å²) in [5.41, 5.74) is 3.14. The summed E-state index contributed by atoms with van der Waals surface area (Å²) < 4.78 is 10.5. The number of carbonyl (C=O) groups is 1. The van der Waals surface area contributed by atoms with Crippen LogP contribution < -0.4 is 4.74 Å². The summed E-state index contributed by atoms with van der Waals surface area (Å²) >= 11 is 0. The van der Waals surface area contributed by atoms with Gasteiger partial charge in [-0.1, -0.05) is 0 Å². The molecular formula is C13H18O3. The van der Waals surface area contributed by atoms with Crippen molar-refractivity contribution >= 4 is 5.97 Å². The maximum atomic E-state index is 10.7. The van der Waals surface area contributed by atoms with E-state index < -0.39 is 0 Å². The monoisotopic (exact) mass is 222 g/mol. The fraction of sp³-hybridized carbons (Fsp3) is 0.462. The number of hydrogen-bond acceptors (Lipinski definition) is 3. The molecule has 0 bridgehead atoms. The van der Waals surface area contributed by atoms with E-state index in [4.69, 9.17) is 9.47 Å². The van der Waals surface area contributed by atoms with Crippen molar-refractivity contribution in [1.29, 1.82) is 0 Å². The SMILES string of the molecule is CCOc1c(C)cc(COC(C)=O)cc1C. The molecule has 1 aromatic rings. The summed E-state index contributed by atoms with van der Waals surface area (Å²) in [6, 6.07) is 3.97. The van der Waals surface area contributed by atoms with E-state index in [2.05, 4.69) is 0 Å². The zero-order valence-corrected chi connectivity index (χ0v) is 10.3. The van der Waals surface area contributed by atoms with Crippen LogP contribution in [0.2, 0.25) is 0 Å². The zero-order chi connectivity index (χ0) is 12.1. The molecular weight excluding hydrogens is 204 g/mol. The van der Waals surface area contributed by atoms with Gasteiger partial charge in [0.05, 0.1) is 6.61 Å². The minimum absolute atomic E-state index is 0.260. The molecule has 88 valence electrons. The van der Waals surface area contributed by atoms with Gasteiger partial charge in [-0.2, -0.15) is 0 Å². The molecule has 3 heteroatoms. The highest BCUT2D eigenvalue weighted by Gasteiger charge is 2.06. The Balaban J connectivity index is 2.86. The molecule has 3 nitrogen and oxygen atoms in total. The Labute approximate surface area is 96.4 Å². The summed E-state index contributed by atoms with van der Waals surface area (Å²) in [5.74, 6) is 0.665. The first-order valence-corrected chi connectivity index (χ1v) is 5.41. The van der Waals surface area contributed by atoms with Gasteiger partial charge < -0.3 is 9.47 Å². The summed E-state index contributed by atoms with van der Waals surface area (Å²) in [4.78, 5) is 10.7. The Hall–Kier alpha value is -1.51. The fourth-order valence-corrected chi connectivity index (χ4v) is 1.68. The van der Waals surface area contributed by atoms with Crippen LogP contribution in [0.5, 0.6) is 5.75 Å². The normalized spacial score (nSPS) is 10.0. The summed E-state index contributed by atoms with van der Waals surface area (Å²) in [6.45, 7) is 8.35. The number of ether oxygens (including phenoxy) is 2. The largest absolute Gasteiger partial charge is 0.493 e. The van der Waals surface area contributed by atoms with Gasteiger partial charge >= 0.3 is 5.97 Å². The van der Waals surface area contributed by atoms with Crippen molar-refractivity contribution in [2.75, 3.05) is 6.61 Å². The topological polar surface area (TPSA) is 35.5 Å². The smallest absolute Gasteiger partial charge is 0.302 e. The molecule has 0 amide bonds. The number of aryl methyl sites for hydroxylation is 2. The van der Waals surface area contributed by atoms with Crippen LogP contribution in [0.1, 0.15) is 30.5 Å². The molecule has 0 spiro atoms. The Morgan fingerprint density at radius 3 is 2.25 bits per heavy atom. The summed E-state index contributed by atoms with van der Waals surface area (Å²) in [5, 5.41) is 0. The van der Waals surface area contributed by atoms with Crippen molar-refractivity contribution in [1.82, 2.24) is 0 Å². The van der Waals surface area contributed by atoms with Crippen molar-refractivity contribution in [3.8, 4) is 5.75 Å². The highest BCUT2D eigenvalue weighted by Crippen LogP contribution is 2.25. The number of hydrogen-bond donors (Lipinski definition) is 0. The molecule has 16 heavy (non-hydrogen) atoms. The van der Waals surface area contributed by atoms with E-state index in [1.54, 1.807) is 0 Å². The standard InChI is InChI=1S/C13H18O3/c1-5-15-13-9(2)6-12(7-10(13)3)8-16-11(4)14/h6-7H,5,8H2,1-4H3. The van der Waals surface area contributed by atoms with Gasteiger partial charge in [-0.05, 0) is 49.6 Å². The first kappa shape index (κ1) is 12.6. The van der Waals surface area contributed by atoms with Crippen LogP contribution in [0.4, 0.5) is 0 Å². The molecule has 1 rings (SSSR count). The van der Waals surface area contributed by atoms with Crippen molar-refractivity contribution in [2.24, 2.45) is 0 Å². The lowest BCUT2D eigenvalue weighted by Crippen LogP contribution is -2.02. The lowest BCUT2D eigenvalue weighted by atomic mass is 10.1. The lowest BCUT2D eigenvalue weighted by molar-refractivity contribution is -0.142. The van der Waals surface area contributed by atoms with Gasteiger partial charge in [0.2, 0.25) is 0 Å². The third-order valence-corrected chi connectivity index (χ3v) is 2.25. The third-order valence-electron chi connectivity index (χ3n) is 2.25. The minimum atomic E-state index is -0.260.